The van der Waals surface area contributed by atoms with E-state index in [1.165, 1.54) is 12.1 Å². The number of nitrogens with one attached hydrogen (secondary N) is 3. The number of aryl methyl sites for hydroxylation is 1. The number of carbonyl (C=O) groups is 2. The van der Waals surface area contributed by atoms with Crippen LogP contribution in [0.4, 0.5) is 20.6 Å². The normalized spacial score (nSPS) is 17.6. The summed E-state index contributed by atoms with van der Waals surface area (Å²) in [6, 6.07) is 11.6. The molecule has 0 radical (unpaired) electrons. The summed E-state index contributed by atoms with van der Waals surface area (Å²) in [7, 11) is 0. The lowest BCUT2D eigenvalue weighted by Gasteiger charge is -2.31. The molecule has 0 aliphatic heterocycles. The molecule has 3 N–H and O–H groups in total. The van der Waals surface area contributed by atoms with Gasteiger partial charge in [-0.05, 0) is 68.0 Å². The number of amides is 3. The van der Waals surface area contributed by atoms with Gasteiger partial charge in [0.25, 0.3) is 0 Å². The summed E-state index contributed by atoms with van der Waals surface area (Å²) < 4.78 is 13.3. The van der Waals surface area contributed by atoms with Gasteiger partial charge >= 0.3 is 6.03 Å². The largest absolute Gasteiger partial charge is 0.328 e. The van der Waals surface area contributed by atoms with Crippen LogP contribution in [0.5, 0.6) is 0 Å². The van der Waals surface area contributed by atoms with Crippen LogP contribution in [0.25, 0.3) is 0 Å². The van der Waals surface area contributed by atoms with Gasteiger partial charge in [-0.15, -0.1) is 0 Å². The van der Waals surface area contributed by atoms with Crippen LogP contribution in [0.2, 0.25) is 0 Å². The van der Waals surface area contributed by atoms with Crippen LogP contribution in [0, 0.1) is 18.7 Å². The van der Waals surface area contributed by atoms with Crippen molar-refractivity contribution in [2.45, 2.75) is 51.0 Å². The highest BCUT2D eigenvalue weighted by molar-refractivity contribution is 5.96. The van der Waals surface area contributed by atoms with E-state index < -0.39 is 5.54 Å². The van der Waals surface area contributed by atoms with Crippen molar-refractivity contribution in [2.24, 2.45) is 5.92 Å². The first-order valence-electron chi connectivity index (χ1n) is 10.2. The Morgan fingerprint density at radius 3 is 2.34 bits per heavy atom. The molecule has 0 saturated heterocycles. The molecule has 2 aliphatic carbocycles. The molecule has 6 heteroatoms. The summed E-state index contributed by atoms with van der Waals surface area (Å²) in [5.41, 5.74) is 2.68. The zero-order valence-electron chi connectivity index (χ0n) is 16.6. The van der Waals surface area contributed by atoms with E-state index in [-0.39, 0.29) is 23.7 Å². The van der Waals surface area contributed by atoms with Gasteiger partial charge in [0, 0.05) is 17.3 Å². The van der Waals surface area contributed by atoms with Gasteiger partial charge in [-0.1, -0.05) is 31.0 Å². The maximum atomic E-state index is 13.3. The summed E-state index contributed by atoms with van der Waals surface area (Å²) in [4.78, 5) is 24.8. The van der Waals surface area contributed by atoms with E-state index in [2.05, 4.69) is 16.0 Å². The van der Waals surface area contributed by atoms with E-state index in [0.717, 1.165) is 49.7 Å². The lowest BCUT2D eigenvalue weighted by atomic mass is 9.88. The summed E-state index contributed by atoms with van der Waals surface area (Å²) in [5.74, 6) is -0.133. The highest BCUT2D eigenvalue weighted by Crippen LogP contribution is 2.39. The number of urea groups is 1. The molecule has 2 saturated carbocycles. The predicted octanol–water partition coefficient (Wildman–Crippen LogP) is 5.07. The molecule has 0 unspecified atom stereocenters. The standard InChI is InChI=1S/C23H26FN3O2/c1-15-4-11-19(25-21(28)16-5-6-16)14-20(15)26-22(29)27-23(12-2-3-13-23)17-7-9-18(24)10-8-17/h4,7-11,14,16H,2-3,5-6,12-13H2,1H3,(H,25,28)(H2,26,27,29). The van der Waals surface area contributed by atoms with Gasteiger partial charge in [0.1, 0.15) is 5.82 Å². The third-order valence-corrected chi connectivity index (χ3v) is 5.91. The fourth-order valence-corrected chi connectivity index (χ4v) is 4.03. The van der Waals surface area contributed by atoms with Crippen LogP contribution in [-0.2, 0) is 10.3 Å². The van der Waals surface area contributed by atoms with Gasteiger partial charge in [-0.2, -0.15) is 0 Å². The average Bonchev–Trinajstić information content (AvgIpc) is 3.45. The Hall–Kier alpha value is -2.89. The highest BCUT2D eigenvalue weighted by atomic mass is 19.1. The Morgan fingerprint density at radius 1 is 1.00 bits per heavy atom. The van der Waals surface area contributed by atoms with Gasteiger partial charge in [0.05, 0.1) is 5.54 Å². The lowest BCUT2D eigenvalue weighted by molar-refractivity contribution is -0.117. The van der Waals surface area contributed by atoms with Gasteiger partial charge < -0.3 is 16.0 Å². The first-order chi connectivity index (χ1) is 13.9. The molecule has 2 fully saturated rings. The van der Waals surface area contributed by atoms with Crippen molar-refractivity contribution in [3.8, 4) is 0 Å². The second-order valence-corrected chi connectivity index (χ2v) is 8.17. The zero-order chi connectivity index (χ0) is 20.4. The molecular weight excluding hydrogens is 369 g/mol. The Labute approximate surface area is 170 Å². The van der Waals surface area contributed by atoms with Gasteiger partial charge in [-0.25, -0.2) is 9.18 Å². The number of benzene rings is 2. The van der Waals surface area contributed by atoms with Crippen LogP contribution in [-0.4, -0.2) is 11.9 Å². The summed E-state index contributed by atoms with van der Waals surface area (Å²) in [6.45, 7) is 1.91. The molecule has 5 nitrogen and oxygen atoms in total. The Morgan fingerprint density at radius 2 is 1.69 bits per heavy atom. The first-order valence-corrected chi connectivity index (χ1v) is 10.2. The predicted molar refractivity (Wildman–Crippen MR) is 111 cm³/mol. The lowest BCUT2D eigenvalue weighted by Crippen LogP contribution is -2.45. The van der Waals surface area contributed by atoms with E-state index in [0.29, 0.717) is 11.4 Å². The summed E-state index contributed by atoms with van der Waals surface area (Å²) >= 11 is 0. The van der Waals surface area contributed by atoms with Crippen LogP contribution in [0.15, 0.2) is 42.5 Å². The molecule has 2 aromatic rings. The smallest absolute Gasteiger partial charge is 0.319 e. The quantitative estimate of drug-likeness (QED) is 0.661. The Kier molecular flexibility index (Phi) is 5.26. The molecule has 0 spiro atoms. The molecule has 4 rings (SSSR count). The van der Waals surface area contributed by atoms with Gasteiger partial charge in [0.2, 0.25) is 5.91 Å². The average molecular weight is 395 g/mol. The molecular formula is C23H26FN3O2. The van der Waals surface area contributed by atoms with Gasteiger partial charge in [0.15, 0.2) is 0 Å². The fraction of sp³-hybridized carbons (Fsp3) is 0.391. The maximum Gasteiger partial charge on any atom is 0.319 e. The van der Waals surface area contributed by atoms with Crippen molar-refractivity contribution in [3.63, 3.8) is 0 Å². The molecule has 152 valence electrons. The highest BCUT2D eigenvalue weighted by Gasteiger charge is 2.37. The second kappa shape index (κ2) is 7.85. The monoisotopic (exact) mass is 395 g/mol. The maximum absolute atomic E-state index is 13.3. The topological polar surface area (TPSA) is 70.2 Å². The molecule has 0 bridgehead atoms. The Balaban J connectivity index is 1.48. The number of halogens is 1. The van der Waals surface area contributed by atoms with Crippen LogP contribution < -0.4 is 16.0 Å². The number of anilines is 2. The number of hydrogen-bond acceptors (Lipinski definition) is 2. The van der Waals surface area contributed by atoms with Crippen molar-refractivity contribution in [1.29, 1.82) is 0 Å². The van der Waals surface area contributed by atoms with E-state index in [1.54, 1.807) is 18.2 Å². The van der Waals surface area contributed by atoms with E-state index in [4.69, 9.17) is 0 Å². The first kappa shape index (κ1) is 19.4. The van der Waals surface area contributed by atoms with Crippen molar-refractivity contribution in [1.82, 2.24) is 5.32 Å². The van der Waals surface area contributed by atoms with E-state index in [1.807, 2.05) is 19.1 Å². The van der Waals surface area contributed by atoms with Crippen molar-refractivity contribution < 1.29 is 14.0 Å². The summed E-state index contributed by atoms with van der Waals surface area (Å²) in [5, 5.41) is 8.97. The molecule has 3 amide bonds. The minimum atomic E-state index is -0.483. The van der Waals surface area contributed by atoms with Crippen molar-refractivity contribution in [2.75, 3.05) is 10.6 Å². The van der Waals surface area contributed by atoms with Crippen LogP contribution in [0.1, 0.15) is 49.7 Å². The van der Waals surface area contributed by atoms with Crippen LogP contribution >= 0.6 is 0 Å². The molecule has 0 aromatic heterocycles. The number of rotatable bonds is 5. The number of hydrogen-bond donors (Lipinski definition) is 3. The van der Waals surface area contributed by atoms with Gasteiger partial charge in [-0.3, -0.25) is 4.79 Å². The minimum Gasteiger partial charge on any atom is -0.328 e. The summed E-state index contributed by atoms with van der Waals surface area (Å²) in [6.07, 6.45) is 5.55. The second-order valence-electron chi connectivity index (χ2n) is 8.17. The zero-order valence-corrected chi connectivity index (χ0v) is 16.6. The minimum absolute atomic E-state index is 0.0328. The van der Waals surface area contributed by atoms with E-state index in [9.17, 15) is 14.0 Å². The molecule has 29 heavy (non-hydrogen) atoms. The SMILES string of the molecule is Cc1ccc(NC(=O)C2CC2)cc1NC(=O)NC1(c2ccc(F)cc2)CCCC1. The van der Waals surface area contributed by atoms with Crippen molar-refractivity contribution >= 4 is 23.3 Å². The van der Waals surface area contributed by atoms with E-state index >= 15 is 0 Å². The van der Waals surface area contributed by atoms with Crippen LogP contribution in [0.3, 0.4) is 0 Å². The Bertz CT molecular complexity index is 916. The third-order valence-electron chi connectivity index (χ3n) is 5.91. The molecule has 0 heterocycles. The molecule has 0 atom stereocenters. The van der Waals surface area contributed by atoms with Crippen molar-refractivity contribution in [3.05, 3.63) is 59.4 Å². The molecule has 2 aromatic carbocycles. The molecule has 2 aliphatic rings. The fourth-order valence-electron chi connectivity index (χ4n) is 4.03. The number of carbonyl (C=O) groups excluding carboxylic acids is 2. The third kappa shape index (κ3) is 4.42.